The number of carbonyl (C=O) groups is 2. The summed E-state index contributed by atoms with van der Waals surface area (Å²) in [6.07, 6.45) is 2.49. The Hall–Kier alpha value is -1.84. The topological polar surface area (TPSA) is 57.6 Å². The molecule has 20 heavy (non-hydrogen) atoms. The summed E-state index contributed by atoms with van der Waals surface area (Å²) in [5, 5.41) is 8.77. The molecule has 0 bridgehead atoms. The van der Waals surface area contributed by atoms with Gasteiger partial charge in [-0.05, 0) is 24.3 Å². The molecule has 1 saturated carbocycles. The van der Waals surface area contributed by atoms with Crippen LogP contribution in [0.1, 0.15) is 38.2 Å². The number of hydrogen-bond donors (Lipinski definition) is 1. The summed E-state index contributed by atoms with van der Waals surface area (Å²) in [4.78, 5) is 24.9. The number of rotatable bonds is 7. The Kier molecular flexibility index (Phi) is 4.77. The van der Waals surface area contributed by atoms with Gasteiger partial charge in [-0.2, -0.15) is 0 Å². The van der Waals surface area contributed by atoms with Crippen LogP contribution in [0.3, 0.4) is 0 Å². The molecule has 4 heteroatoms. The van der Waals surface area contributed by atoms with Gasteiger partial charge >= 0.3 is 5.97 Å². The summed E-state index contributed by atoms with van der Waals surface area (Å²) in [5.74, 6) is -0.881. The van der Waals surface area contributed by atoms with Crippen LogP contribution >= 0.6 is 0 Å². The van der Waals surface area contributed by atoms with Crippen LogP contribution in [0.4, 0.5) is 0 Å². The second-order valence-corrected chi connectivity index (χ2v) is 5.65. The van der Waals surface area contributed by atoms with E-state index >= 15 is 0 Å². The lowest BCUT2D eigenvalue weighted by molar-refractivity contribution is -0.138. The Balaban J connectivity index is 1.94. The largest absolute Gasteiger partial charge is 0.481 e. The van der Waals surface area contributed by atoms with Gasteiger partial charge in [0.15, 0.2) is 0 Å². The van der Waals surface area contributed by atoms with Gasteiger partial charge in [-0.15, -0.1) is 0 Å². The molecular weight excluding hydrogens is 254 g/mol. The first-order valence-corrected chi connectivity index (χ1v) is 7.11. The highest BCUT2D eigenvalue weighted by Gasteiger charge is 2.32. The van der Waals surface area contributed by atoms with Gasteiger partial charge in [-0.1, -0.05) is 37.3 Å². The van der Waals surface area contributed by atoms with Gasteiger partial charge < -0.3 is 10.0 Å². The van der Waals surface area contributed by atoms with Crippen molar-refractivity contribution >= 4 is 11.9 Å². The van der Waals surface area contributed by atoms with Crippen molar-refractivity contribution in [1.29, 1.82) is 0 Å². The zero-order chi connectivity index (χ0) is 14.5. The fraction of sp³-hybridized carbons (Fsp3) is 0.500. The molecule has 0 aromatic heterocycles. The van der Waals surface area contributed by atoms with Gasteiger partial charge in [0, 0.05) is 25.4 Å². The molecule has 0 heterocycles. The first-order chi connectivity index (χ1) is 9.56. The SMILES string of the molecule is CC(CC(=O)O)CC(=O)N(Cc1ccccc1)C1CC1. The van der Waals surface area contributed by atoms with Crippen molar-refractivity contribution in [1.82, 2.24) is 4.90 Å². The number of benzene rings is 1. The van der Waals surface area contributed by atoms with Crippen LogP contribution < -0.4 is 0 Å². The van der Waals surface area contributed by atoms with Crippen molar-refractivity contribution in [3.05, 3.63) is 35.9 Å². The van der Waals surface area contributed by atoms with Crippen molar-refractivity contribution in [3.63, 3.8) is 0 Å². The smallest absolute Gasteiger partial charge is 0.303 e. The number of amides is 1. The van der Waals surface area contributed by atoms with Gasteiger partial charge in [0.2, 0.25) is 5.91 Å². The van der Waals surface area contributed by atoms with Crippen LogP contribution in [0.15, 0.2) is 30.3 Å². The summed E-state index contributed by atoms with van der Waals surface area (Å²) >= 11 is 0. The average Bonchev–Trinajstić information content (AvgIpc) is 3.20. The predicted octanol–water partition coefficient (Wildman–Crippen LogP) is 2.68. The first kappa shape index (κ1) is 14.6. The molecule has 108 valence electrons. The van der Waals surface area contributed by atoms with Crippen molar-refractivity contribution in [2.24, 2.45) is 5.92 Å². The molecular formula is C16H21NO3. The highest BCUT2D eigenvalue weighted by atomic mass is 16.4. The fourth-order valence-corrected chi connectivity index (χ4v) is 2.37. The monoisotopic (exact) mass is 275 g/mol. The molecule has 2 rings (SSSR count). The molecule has 1 aliphatic rings. The molecule has 1 unspecified atom stereocenters. The number of carboxylic acid groups (broad SMARTS) is 1. The molecule has 0 radical (unpaired) electrons. The van der Waals surface area contributed by atoms with Gasteiger partial charge in [0.25, 0.3) is 0 Å². The second-order valence-electron chi connectivity index (χ2n) is 5.65. The van der Waals surface area contributed by atoms with Crippen LogP contribution in [-0.2, 0) is 16.1 Å². The highest BCUT2D eigenvalue weighted by Crippen LogP contribution is 2.29. The van der Waals surface area contributed by atoms with Crippen molar-refractivity contribution in [3.8, 4) is 0 Å². The molecule has 1 fully saturated rings. The van der Waals surface area contributed by atoms with E-state index < -0.39 is 5.97 Å². The Bertz CT molecular complexity index is 468. The average molecular weight is 275 g/mol. The predicted molar refractivity (Wildman–Crippen MR) is 76.0 cm³/mol. The normalized spacial score (nSPS) is 15.7. The highest BCUT2D eigenvalue weighted by molar-refractivity contribution is 5.78. The van der Waals surface area contributed by atoms with Crippen molar-refractivity contribution < 1.29 is 14.7 Å². The van der Waals surface area contributed by atoms with E-state index in [1.54, 1.807) is 0 Å². The molecule has 0 saturated heterocycles. The third-order valence-corrected chi connectivity index (χ3v) is 3.55. The number of aliphatic carboxylic acids is 1. The van der Waals surface area contributed by atoms with E-state index in [0.29, 0.717) is 19.0 Å². The number of hydrogen-bond acceptors (Lipinski definition) is 2. The van der Waals surface area contributed by atoms with Crippen LogP contribution in [0, 0.1) is 5.92 Å². The molecule has 1 aromatic rings. The molecule has 1 aliphatic carbocycles. The van der Waals surface area contributed by atoms with Gasteiger partial charge in [-0.25, -0.2) is 0 Å². The summed E-state index contributed by atoms with van der Waals surface area (Å²) in [6.45, 7) is 2.45. The van der Waals surface area contributed by atoms with E-state index in [9.17, 15) is 9.59 Å². The van der Waals surface area contributed by atoms with Gasteiger partial charge in [0.05, 0.1) is 0 Å². The maximum Gasteiger partial charge on any atom is 0.303 e. The maximum absolute atomic E-state index is 12.4. The summed E-state index contributed by atoms with van der Waals surface area (Å²) in [5.41, 5.74) is 1.12. The lowest BCUT2D eigenvalue weighted by Gasteiger charge is -2.24. The quantitative estimate of drug-likeness (QED) is 0.832. The zero-order valence-corrected chi connectivity index (χ0v) is 11.8. The first-order valence-electron chi connectivity index (χ1n) is 7.11. The van der Waals surface area contributed by atoms with E-state index in [1.165, 1.54) is 0 Å². The van der Waals surface area contributed by atoms with E-state index in [4.69, 9.17) is 5.11 Å². The Labute approximate surface area is 119 Å². The minimum Gasteiger partial charge on any atom is -0.481 e. The Morgan fingerprint density at radius 1 is 1.25 bits per heavy atom. The lowest BCUT2D eigenvalue weighted by atomic mass is 10.0. The number of carbonyl (C=O) groups excluding carboxylic acids is 1. The van der Waals surface area contributed by atoms with E-state index in [-0.39, 0.29) is 18.2 Å². The van der Waals surface area contributed by atoms with Crippen molar-refractivity contribution in [2.45, 2.75) is 45.2 Å². The lowest BCUT2D eigenvalue weighted by Crippen LogP contribution is -2.33. The number of nitrogens with zero attached hydrogens (tertiary/aromatic N) is 1. The Morgan fingerprint density at radius 2 is 1.90 bits per heavy atom. The standard InChI is InChI=1S/C16H21NO3/c1-12(10-16(19)20)9-15(18)17(14-7-8-14)11-13-5-3-2-4-6-13/h2-6,12,14H,7-11H2,1H3,(H,19,20). The zero-order valence-electron chi connectivity index (χ0n) is 11.8. The van der Waals surface area contributed by atoms with E-state index in [2.05, 4.69) is 0 Å². The maximum atomic E-state index is 12.4. The third kappa shape index (κ3) is 4.37. The van der Waals surface area contributed by atoms with Crippen LogP contribution in [0.2, 0.25) is 0 Å². The van der Waals surface area contributed by atoms with Crippen LogP contribution in [0.25, 0.3) is 0 Å². The molecule has 0 aliphatic heterocycles. The molecule has 0 spiro atoms. The van der Waals surface area contributed by atoms with Crippen LogP contribution in [-0.4, -0.2) is 27.9 Å². The second kappa shape index (κ2) is 6.55. The van der Waals surface area contributed by atoms with E-state index in [1.807, 2.05) is 42.2 Å². The summed E-state index contributed by atoms with van der Waals surface area (Å²) in [6, 6.07) is 10.3. The molecule has 1 N–H and O–H groups in total. The van der Waals surface area contributed by atoms with Gasteiger partial charge in [0.1, 0.15) is 0 Å². The molecule has 4 nitrogen and oxygen atoms in total. The number of carboxylic acids is 1. The Morgan fingerprint density at radius 3 is 2.45 bits per heavy atom. The minimum absolute atomic E-state index is 0.0512. The van der Waals surface area contributed by atoms with Crippen molar-refractivity contribution in [2.75, 3.05) is 0 Å². The molecule has 1 aromatic carbocycles. The fourth-order valence-electron chi connectivity index (χ4n) is 2.37. The van der Waals surface area contributed by atoms with Crippen LogP contribution in [0.5, 0.6) is 0 Å². The van der Waals surface area contributed by atoms with E-state index in [0.717, 1.165) is 18.4 Å². The minimum atomic E-state index is -0.841. The summed E-state index contributed by atoms with van der Waals surface area (Å²) in [7, 11) is 0. The molecule has 1 amide bonds. The summed E-state index contributed by atoms with van der Waals surface area (Å²) < 4.78 is 0. The van der Waals surface area contributed by atoms with Gasteiger partial charge in [-0.3, -0.25) is 9.59 Å². The molecule has 1 atom stereocenters. The third-order valence-electron chi connectivity index (χ3n) is 3.55.